The van der Waals surface area contributed by atoms with Crippen molar-refractivity contribution in [2.24, 2.45) is 0 Å². The quantitative estimate of drug-likeness (QED) is 0.324. The Morgan fingerprint density at radius 3 is 1.74 bits per heavy atom. The van der Waals surface area contributed by atoms with E-state index in [0.717, 1.165) is 26.2 Å². The summed E-state index contributed by atoms with van der Waals surface area (Å²) in [5.74, 6) is -0.952. The molecule has 2 N–H and O–H groups in total. The third kappa shape index (κ3) is 5.94. The van der Waals surface area contributed by atoms with E-state index >= 15 is 0 Å². The van der Waals surface area contributed by atoms with Crippen molar-refractivity contribution in [3.63, 3.8) is 0 Å². The van der Waals surface area contributed by atoms with Crippen molar-refractivity contribution in [3.05, 3.63) is 120 Å². The lowest BCUT2D eigenvalue weighted by molar-refractivity contribution is 0.232. The van der Waals surface area contributed by atoms with Crippen LogP contribution in [0.5, 0.6) is 5.75 Å². The SMILES string of the molecule is O=c1[nH]c(=O)n(Cc2ccc(CO/C=C\COc3ccc(Cn4oc(=O)[nH]c4=O)cc3)cc2)o1. The monoisotopic (exact) mass is 468 g/mol. The Kier molecular flexibility index (Phi) is 6.77. The number of ether oxygens (including phenoxy) is 2. The van der Waals surface area contributed by atoms with Gasteiger partial charge in [0.1, 0.15) is 19.0 Å². The number of aromatic nitrogens is 4. The van der Waals surface area contributed by atoms with Crippen molar-refractivity contribution in [2.45, 2.75) is 19.7 Å². The fraction of sp³-hybridized carbons (Fsp3) is 0.182. The van der Waals surface area contributed by atoms with E-state index in [-0.39, 0.29) is 13.1 Å². The van der Waals surface area contributed by atoms with Crippen LogP contribution in [0.3, 0.4) is 0 Å². The van der Waals surface area contributed by atoms with Crippen LogP contribution in [0.2, 0.25) is 0 Å². The highest BCUT2D eigenvalue weighted by Gasteiger charge is 2.05. The van der Waals surface area contributed by atoms with Crippen LogP contribution < -0.4 is 27.6 Å². The highest BCUT2D eigenvalue weighted by Crippen LogP contribution is 2.13. The lowest BCUT2D eigenvalue weighted by atomic mass is 10.1. The number of nitrogens with zero attached hydrogens (tertiary/aromatic N) is 2. The van der Waals surface area contributed by atoms with Gasteiger partial charge in [-0.05, 0) is 34.9 Å². The van der Waals surface area contributed by atoms with E-state index in [1.54, 1.807) is 30.3 Å². The lowest BCUT2D eigenvalue weighted by Crippen LogP contribution is -2.17. The highest BCUT2D eigenvalue weighted by atomic mass is 16.5. The van der Waals surface area contributed by atoms with Crippen LogP contribution in [-0.2, 0) is 24.4 Å². The highest BCUT2D eigenvalue weighted by molar-refractivity contribution is 5.27. The van der Waals surface area contributed by atoms with Crippen LogP contribution in [0.1, 0.15) is 16.7 Å². The molecule has 34 heavy (non-hydrogen) atoms. The minimum absolute atomic E-state index is 0.133. The molecule has 0 fully saturated rings. The zero-order valence-corrected chi connectivity index (χ0v) is 17.8. The Morgan fingerprint density at radius 1 is 0.735 bits per heavy atom. The summed E-state index contributed by atoms with van der Waals surface area (Å²) < 4.78 is 22.4. The molecule has 0 amide bonds. The zero-order chi connectivity index (χ0) is 23.9. The van der Waals surface area contributed by atoms with Gasteiger partial charge in [-0.3, -0.25) is 0 Å². The molecule has 0 radical (unpaired) electrons. The van der Waals surface area contributed by atoms with Crippen LogP contribution >= 0.6 is 0 Å². The van der Waals surface area contributed by atoms with E-state index in [1.807, 2.05) is 34.2 Å². The van der Waals surface area contributed by atoms with Gasteiger partial charge in [0.15, 0.2) is 0 Å². The molecule has 0 bridgehead atoms. The number of H-pyrrole nitrogens is 2. The first-order valence-electron chi connectivity index (χ1n) is 10.1. The van der Waals surface area contributed by atoms with Crippen LogP contribution in [0.25, 0.3) is 0 Å². The molecule has 0 atom stereocenters. The summed E-state index contributed by atoms with van der Waals surface area (Å²) in [6.07, 6.45) is 3.26. The Hall–Kier alpha value is -4.74. The first-order valence-corrected chi connectivity index (χ1v) is 10.1. The number of hydrogen-bond acceptors (Lipinski definition) is 8. The Balaban J connectivity index is 1.18. The molecule has 12 nitrogen and oxygen atoms in total. The van der Waals surface area contributed by atoms with E-state index in [9.17, 15) is 19.2 Å². The van der Waals surface area contributed by atoms with Crippen molar-refractivity contribution < 1.29 is 18.5 Å². The second-order valence-corrected chi connectivity index (χ2v) is 7.15. The van der Waals surface area contributed by atoms with Crippen molar-refractivity contribution in [1.82, 2.24) is 19.4 Å². The zero-order valence-electron chi connectivity index (χ0n) is 17.8. The third-order valence-corrected chi connectivity index (χ3v) is 4.64. The molecular formula is C22H20N4O8. The maximum Gasteiger partial charge on any atom is 0.440 e. The summed E-state index contributed by atoms with van der Waals surface area (Å²) in [7, 11) is 0. The number of aromatic amines is 2. The van der Waals surface area contributed by atoms with Crippen molar-refractivity contribution in [2.75, 3.05) is 6.61 Å². The molecule has 12 heteroatoms. The lowest BCUT2D eigenvalue weighted by Gasteiger charge is -2.05. The van der Waals surface area contributed by atoms with Crippen LogP contribution in [0, 0.1) is 0 Å². The molecule has 0 unspecified atom stereocenters. The predicted molar refractivity (Wildman–Crippen MR) is 118 cm³/mol. The molecule has 0 aliphatic carbocycles. The van der Waals surface area contributed by atoms with Crippen LogP contribution in [-0.4, -0.2) is 26.1 Å². The Morgan fingerprint density at radius 2 is 1.24 bits per heavy atom. The Labute approximate surface area is 190 Å². The minimum atomic E-state index is -0.794. The van der Waals surface area contributed by atoms with Gasteiger partial charge in [-0.15, -0.1) is 9.48 Å². The molecule has 176 valence electrons. The minimum Gasteiger partial charge on any atom is -0.497 e. The standard InChI is InChI=1S/C22H20N4O8/c27-19-23-21(29)33-25(19)12-15-2-4-17(5-3-15)14-31-10-1-11-32-18-8-6-16(7-9-18)13-26-20(28)24-22(30)34-26/h1-10H,11-14H2,(H,23,27,29)(H,24,28,30)/b10-1-. The molecule has 0 aliphatic rings. The average molecular weight is 468 g/mol. The molecule has 0 saturated carbocycles. The fourth-order valence-electron chi connectivity index (χ4n) is 3.00. The largest absolute Gasteiger partial charge is 0.497 e. The molecule has 2 aromatic heterocycles. The van der Waals surface area contributed by atoms with Crippen molar-refractivity contribution in [3.8, 4) is 5.75 Å². The van der Waals surface area contributed by atoms with E-state index in [4.69, 9.17) is 18.5 Å². The number of benzene rings is 2. The molecule has 4 aromatic rings. The van der Waals surface area contributed by atoms with Gasteiger partial charge < -0.3 is 18.5 Å². The van der Waals surface area contributed by atoms with Gasteiger partial charge in [-0.1, -0.05) is 36.4 Å². The van der Waals surface area contributed by atoms with Gasteiger partial charge in [0, 0.05) is 0 Å². The fourth-order valence-corrected chi connectivity index (χ4v) is 3.00. The maximum absolute atomic E-state index is 11.5. The number of rotatable bonds is 10. The molecule has 0 saturated heterocycles. The van der Waals surface area contributed by atoms with E-state index in [0.29, 0.717) is 19.0 Å². The molecule has 2 heterocycles. The second-order valence-electron chi connectivity index (χ2n) is 7.15. The second kappa shape index (κ2) is 10.3. The summed E-state index contributed by atoms with van der Waals surface area (Å²) >= 11 is 0. The van der Waals surface area contributed by atoms with Gasteiger partial charge in [-0.2, -0.15) is 0 Å². The number of hydrogen-bond donors (Lipinski definition) is 2. The molecule has 4 rings (SSSR count). The summed E-state index contributed by atoms with van der Waals surface area (Å²) in [5.41, 5.74) is 1.30. The third-order valence-electron chi connectivity index (χ3n) is 4.64. The molecular weight excluding hydrogens is 448 g/mol. The number of nitrogens with one attached hydrogen (secondary N) is 2. The van der Waals surface area contributed by atoms with Crippen molar-refractivity contribution in [1.29, 1.82) is 0 Å². The van der Waals surface area contributed by atoms with Crippen molar-refractivity contribution >= 4 is 0 Å². The molecule has 0 spiro atoms. The average Bonchev–Trinajstić information content (AvgIpc) is 3.31. The maximum atomic E-state index is 11.5. The van der Waals surface area contributed by atoms with E-state index in [1.165, 1.54) is 6.26 Å². The first kappa shape index (κ1) is 22.5. The predicted octanol–water partition coefficient (Wildman–Crippen LogP) is 0.779. The summed E-state index contributed by atoms with van der Waals surface area (Å²) in [6, 6.07) is 14.3. The molecule has 0 aliphatic heterocycles. The van der Waals surface area contributed by atoms with E-state index < -0.39 is 22.9 Å². The first-order chi connectivity index (χ1) is 16.5. The normalized spacial score (nSPS) is 11.2. The van der Waals surface area contributed by atoms with Gasteiger partial charge >= 0.3 is 22.9 Å². The smallest absolute Gasteiger partial charge is 0.440 e. The Bertz CT molecular complexity index is 1370. The van der Waals surface area contributed by atoms with Crippen LogP contribution in [0.4, 0.5) is 0 Å². The summed E-state index contributed by atoms with van der Waals surface area (Å²) in [4.78, 5) is 49.0. The van der Waals surface area contributed by atoms with Gasteiger partial charge in [0.05, 0.1) is 19.4 Å². The topological polar surface area (TPSA) is 154 Å². The van der Waals surface area contributed by atoms with Gasteiger partial charge in [-0.25, -0.2) is 29.1 Å². The van der Waals surface area contributed by atoms with Gasteiger partial charge in [0.2, 0.25) is 0 Å². The van der Waals surface area contributed by atoms with Gasteiger partial charge in [0.25, 0.3) is 0 Å². The summed E-state index contributed by atoms with van der Waals surface area (Å²) in [5, 5.41) is 0. The van der Waals surface area contributed by atoms with Crippen LogP contribution in [0.15, 0.2) is 89.1 Å². The molecule has 2 aromatic carbocycles. The summed E-state index contributed by atoms with van der Waals surface area (Å²) in [6.45, 7) is 0.923. The van der Waals surface area contributed by atoms with E-state index in [2.05, 4.69) is 0 Å².